The predicted octanol–water partition coefficient (Wildman–Crippen LogP) is 1.40. The summed E-state index contributed by atoms with van der Waals surface area (Å²) in [5.41, 5.74) is 2.41. The highest BCUT2D eigenvalue weighted by Crippen LogP contribution is 2.12. The molecule has 0 bridgehead atoms. The van der Waals surface area contributed by atoms with Gasteiger partial charge in [0.25, 0.3) is 0 Å². The first-order chi connectivity index (χ1) is 8.20. The Morgan fingerprint density at radius 2 is 1.94 bits per heavy atom. The number of urea groups is 1. The zero-order valence-electron chi connectivity index (χ0n) is 10.4. The molecule has 1 rings (SSSR count). The molecule has 102 valence electrons. The van der Waals surface area contributed by atoms with Crippen molar-refractivity contribution in [2.45, 2.75) is 26.6 Å². The van der Waals surface area contributed by atoms with Crippen LogP contribution in [-0.2, 0) is 13.6 Å². The molecule has 18 heavy (non-hydrogen) atoms. The Morgan fingerprint density at radius 1 is 1.33 bits per heavy atom. The van der Waals surface area contributed by atoms with Gasteiger partial charge in [-0.2, -0.15) is 18.3 Å². The Labute approximate surface area is 102 Å². The number of carbonyl (C=O) groups excluding carboxylic acids is 1. The highest BCUT2D eigenvalue weighted by atomic mass is 19.4. The zero-order valence-corrected chi connectivity index (χ0v) is 10.4. The second-order valence-corrected chi connectivity index (χ2v) is 3.92. The van der Waals surface area contributed by atoms with E-state index in [1.807, 2.05) is 6.92 Å². The lowest BCUT2D eigenvalue weighted by atomic mass is 10.2. The van der Waals surface area contributed by atoms with Gasteiger partial charge in [-0.05, 0) is 13.8 Å². The molecular formula is C10H15F3N4O. The van der Waals surface area contributed by atoms with Crippen LogP contribution < -0.4 is 10.6 Å². The SMILES string of the molecule is Cc1nn(C)c(C)c1CNC(=O)NCC(F)(F)F. The number of rotatable bonds is 3. The Balaban J connectivity index is 2.48. The van der Waals surface area contributed by atoms with Crippen molar-refractivity contribution in [2.24, 2.45) is 7.05 Å². The molecule has 0 aliphatic carbocycles. The minimum Gasteiger partial charge on any atom is -0.334 e. The lowest BCUT2D eigenvalue weighted by molar-refractivity contribution is -0.122. The molecule has 8 heteroatoms. The van der Waals surface area contributed by atoms with Crippen molar-refractivity contribution < 1.29 is 18.0 Å². The van der Waals surface area contributed by atoms with Crippen LogP contribution in [0.2, 0.25) is 0 Å². The third kappa shape index (κ3) is 3.94. The molecule has 0 aromatic carbocycles. The van der Waals surface area contributed by atoms with Crippen molar-refractivity contribution in [3.05, 3.63) is 17.0 Å². The lowest BCUT2D eigenvalue weighted by Gasteiger charge is -2.10. The molecule has 0 saturated carbocycles. The average molecular weight is 264 g/mol. The number of carbonyl (C=O) groups is 1. The Kier molecular flexibility index (Phi) is 4.20. The molecule has 1 aromatic heterocycles. The molecule has 0 fully saturated rings. The third-order valence-electron chi connectivity index (χ3n) is 2.53. The summed E-state index contributed by atoms with van der Waals surface area (Å²) in [7, 11) is 1.76. The van der Waals surface area contributed by atoms with E-state index in [1.54, 1.807) is 24.0 Å². The summed E-state index contributed by atoms with van der Waals surface area (Å²) in [4.78, 5) is 11.1. The quantitative estimate of drug-likeness (QED) is 0.867. The van der Waals surface area contributed by atoms with Gasteiger partial charge in [0.2, 0.25) is 0 Å². The Bertz CT molecular complexity index is 439. The normalized spacial score (nSPS) is 11.4. The predicted molar refractivity (Wildman–Crippen MR) is 59.0 cm³/mol. The number of alkyl halides is 3. The van der Waals surface area contributed by atoms with E-state index < -0.39 is 18.8 Å². The summed E-state index contributed by atoms with van der Waals surface area (Å²) in [6.45, 7) is 2.40. The molecule has 0 atom stereocenters. The minimum atomic E-state index is -4.41. The molecular weight excluding hydrogens is 249 g/mol. The molecule has 1 aromatic rings. The fraction of sp³-hybridized carbons (Fsp3) is 0.600. The van der Waals surface area contributed by atoms with E-state index >= 15 is 0 Å². The van der Waals surface area contributed by atoms with Gasteiger partial charge in [0.15, 0.2) is 0 Å². The lowest BCUT2D eigenvalue weighted by Crippen LogP contribution is -2.40. The van der Waals surface area contributed by atoms with Gasteiger partial charge in [0.1, 0.15) is 6.54 Å². The smallest absolute Gasteiger partial charge is 0.334 e. The summed E-state index contributed by atoms with van der Waals surface area (Å²) < 4.78 is 37.2. The van der Waals surface area contributed by atoms with Crippen LogP contribution >= 0.6 is 0 Å². The molecule has 1 heterocycles. The van der Waals surface area contributed by atoms with Crippen LogP contribution in [0.3, 0.4) is 0 Å². The van der Waals surface area contributed by atoms with Crippen molar-refractivity contribution in [3.8, 4) is 0 Å². The van der Waals surface area contributed by atoms with Crippen LogP contribution in [0.5, 0.6) is 0 Å². The van der Waals surface area contributed by atoms with Gasteiger partial charge in [-0.1, -0.05) is 0 Å². The fourth-order valence-electron chi connectivity index (χ4n) is 1.48. The summed E-state index contributed by atoms with van der Waals surface area (Å²) in [6, 6.07) is -0.852. The third-order valence-corrected chi connectivity index (χ3v) is 2.53. The summed E-state index contributed by atoms with van der Waals surface area (Å²) >= 11 is 0. The first-order valence-electron chi connectivity index (χ1n) is 5.28. The topological polar surface area (TPSA) is 59.0 Å². The highest BCUT2D eigenvalue weighted by Gasteiger charge is 2.27. The van der Waals surface area contributed by atoms with Crippen molar-refractivity contribution in [1.29, 1.82) is 0 Å². The number of nitrogens with zero attached hydrogens (tertiary/aromatic N) is 2. The van der Waals surface area contributed by atoms with Gasteiger partial charge in [-0.15, -0.1) is 0 Å². The van der Waals surface area contributed by atoms with Crippen LogP contribution in [0.4, 0.5) is 18.0 Å². The number of hydrogen-bond acceptors (Lipinski definition) is 2. The Morgan fingerprint density at radius 3 is 2.39 bits per heavy atom. The number of aryl methyl sites for hydroxylation is 2. The van der Waals surface area contributed by atoms with Crippen molar-refractivity contribution in [1.82, 2.24) is 20.4 Å². The Hall–Kier alpha value is -1.73. The molecule has 5 nitrogen and oxygen atoms in total. The summed E-state index contributed by atoms with van der Waals surface area (Å²) in [5, 5.41) is 8.24. The van der Waals surface area contributed by atoms with E-state index in [-0.39, 0.29) is 6.54 Å². The first kappa shape index (κ1) is 14.3. The molecule has 0 aliphatic rings. The first-order valence-corrected chi connectivity index (χ1v) is 5.28. The number of nitrogens with one attached hydrogen (secondary N) is 2. The van der Waals surface area contributed by atoms with E-state index in [0.29, 0.717) is 0 Å². The fourth-order valence-corrected chi connectivity index (χ4v) is 1.48. The van der Waals surface area contributed by atoms with Crippen LogP contribution in [0, 0.1) is 13.8 Å². The van der Waals surface area contributed by atoms with Crippen LogP contribution in [0.15, 0.2) is 0 Å². The second kappa shape index (κ2) is 5.28. The maximum atomic E-state index is 11.9. The van der Waals surface area contributed by atoms with E-state index in [4.69, 9.17) is 0 Å². The van der Waals surface area contributed by atoms with Crippen molar-refractivity contribution in [2.75, 3.05) is 6.54 Å². The van der Waals surface area contributed by atoms with E-state index in [0.717, 1.165) is 17.0 Å². The van der Waals surface area contributed by atoms with Crippen molar-refractivity contribution >= 4 is 6.03 Å². The molecule has 2 N–H and O–H groups in total. The molecule has 2 amide bonds. The number of halogens is 3. The van der Waals surface area contributed by atoms with Gasteiger partial charge in [-0.25, -0.2) is 4.79 Å². The largest absolute Gasteiger partial charge is 0.405 e. The zero-order chi connectivity index (χ0) is 13.9. The summed E-state index contributed by atoms with van der Waals surface area (Å²) in [5.74, 6) is 0. The monoisotopic (exact) mass is 264 g/mol. The molecule has 0 unspecified atom stereocenters. The minimum absolute atomic E-state index is 0.148. The summed E-state index contributed by atoms with van der Waals surface area (Å²) in [6.07, 6.45) is -4.41. The van der Waals surface area contributed by atoms with Crippen LogP contribution in [0.25, 0.3) is 0 Å². The maximum Gasteiger partial charge on any atom is 0.405 e. The van der Waals surface area contributed by atoms with Crippen molar-refractivity contribution in [3.63, 3.8) is 0 Å². The molecule has 0 spiro atoms. The van der Waals surface area contributed by atoms with E-state index in [9.17, 15) is 18.0 Å². The average Bonchev–Trinajstić information content (AvgIpc) is 2.47. The number of aromatic nitrogens is 2. The molecule has 0 radical (unpaired) electrons. The highest BCUT2D eigenvalue weighted by molar-refractivity contribution is 5.73. The molecule has 0 saturated heterocycles. The van der Waals surface area contributed by atoms with Gasteiger partial charge < -0.3 is 10.6 Å². The van der Waals surface area contributed by atoms with Gasteiger partial charge in [0, 0.05) is 24.8 Å². The number of hydrogen-bond donors (Lipinski definition) is 2. The number of amides is 2. The van der Waals surface area contributed by atoms with Crippen LogP contribution in [-0.4, -0.2) is 28.5 Å². The van der Waals surface area contributed by atoms with Gasteiger partial charge in [-0.3, -0.25) is 4.68 Å². The van der Waals surface area contributed by atoms with Gasteiger partial charge >= 0.3 is 12.2 Å². The van der Waals surface area contributed by atoms with Crippen LogP contribution in [0.1, 0.15) is 17.0 Å². The second-order valence-electron chi connectivity index (χ2n) is 3.92. The van der Waals surface area contributed by atoms with Gasteiger partial charge in [0.05, 0.1) is 5.69 Å². The molecule has 0 aliphatic heterocycles. The standard InChI is InChI=1S/C10H15F3N4O/c1-6-8(7(2)17(3)16-6)4-14-9(18)15-5-10(11,12)13/h4-5H2,1-3H3,(H2,14,15,18). The van der Waals surface area contributed by atoms with E-state index in [2.05, 4.69) is 10.4 Å². The van der Waals surface area contributed by atoms with E-state index in [1.165, 1.54) is 0 Å². The maximum absolute atomic E-state index is 11.9.